The molecule has 0 saturated heterocycles. The lowest BCUT2D eigenvalue weighted by atomic mass is 10.1. The Hall–Kier alpha value is -1.31. The number of amides is 1. The maximum absolute atomic E-state index is 11.5. The average molecular weight is 205 g/mol. The van der Waals surface area contributed by atoms with Crippen molar-refractivity contribution in [2.75, 3.05) is 5.32 Å². The largest absolute Gasteiger partial charge is 0.326 e. The lowest BCUT2D eigenvalue weighted by Crippen LogP contribution is -2.10. The molecule has 2 nitrogen and oxygen atoms in total. The summed E-state index contributed by atoms with van der Waals surface area (Å²) in [5, 5.41) is 2.88. The molecular weight excluding hydrogens is 186 g/mol. The van der Waals surface area contributed by atoms with Crippen LogP contribution in [0.1, 0.15) is 39.0 Å². The Kier molecular flexibility index (Phi) is 5.52. The molecule has 0 spiro atoms. The number of hydrogen-bond donors (Lipinski definition) is 1. The van der Waals surface area contributed by atoms with E-state index in [0.717, 1.165) is 18.5 Å². The zero-order chi connectivity index (χ0) is 10.9. The van der Waals surface area contributed by atoms with Crippen LogP contribution in [-0.4, -0.2) is 5.91 Å². The van der Waals surface area contributed by atoms with E-state index in [0.29, 0.717) is 6.42 Å². The first-order valence-corrected chi connectivity index (χ1v) is 5.68. The number of anilines is 1. The summed E-state index contributed by atoms with van der Waals surface area (Å²) in [6, 6.07) is 9.60. The van der Waals surface area contributed by atoms with E-state index in [1.807, 2.05) is 30.3 Å². The summed E-state index contributed by atoms with van der Waals surface area (Å²) in [5.74, 6) is 0.123. The van der Waals surface area contributed by atoms with E-state index >= 15 is 0 Å². The van der Waals surface area contributed by atoms with Crippen LogP contribution < -0.4 is 5.32 Å². The Bertz CT molecular complexity index is 282. The van der Waals surface area contributed by atoms with Crippen LogP contribution in [0.25, 0.3) is 0 Å². The highest BCUT2D eigenvalue weighted by Gasteiger charge is 2.00. The molecule has 1 N–H and O–H groups in total. The number of nitrogens with one attached hydrogen (secondary N) is 1. The van der Waals surface area contributed by atoms with Crippen molar-refractivity contribution >= 4 is 11.6 Å². The molecule has 1 rings (SSSR count). The first-order chi connectivity index (χ1) is 7.33. The van der Waals surface area contributed by atoms with Gasteiger partial charge in [0, 0.05) is 12.1 Å². The van der Waals surface area contributed by atoms with Crippen molar-refractivity contribution < 1.29 is 4.79 Å². The Morgan fingerprint density at radius 1 is 1.13 bits per heavy atom. The molecule has 0 radical (unpaired) electrons. The maximum atomic E-state index is 11.5. The maximum Gasteiger partial charge on any atom is 0.224 e. The molecule has 1 amide bonds. The van der Waals surface area contributed by atoms with E-state index in [1.54, 1.807) is 0 Å². The molecule has 0 aliphatic heterocycles. The molecule has 0 heterocycles. The molecule has 0 fully saturated rings. The summed E-state index contributed by atoms with van der Waals surface area (Å²) in [6.07, 6.45) is 5.21. The van der Waals surface area contributed by atoms with Gasteiger partial charge in [-0.2, -0.15) is 0 Å². The summed E-state index contributed by atoms with van der Waals surface area (Å²) in [6.45, 7) is 2.17. The molecule has 0 atom stereocenters. The van der Waals surface area contributed by atoms with Crippen LogP contribution in [0.15, 0.2) is 30.3 Å². The number of para-hydroxylation sites is 1. The van der Waals surface area contributed by atoms with Crippen LogP contribution in [0.2, 0.25) is 0 Å². The second-order valence-corrected chi connectivity index (χ2v) is 3.72. The van der Waals surface area contributed by atoms with Gasteiger partial charge in [0.05, 0.1) is 0 Å². The zero-order valence-corrected chi connectivity index (χ0v) is 9.33. The lowest BCUT2D eigenvalue weighted by Gasteiger charge is -2.04. The Morgan fingerprint density at radius 2 is 1.87 bits per heavy atom. The summed E-state index contributed by atoms with van der Waals surface area (Å²) < 4.78 is 0. The van der Waals surface area contributed by atoms with E-state index in [1.165, 1.54) is 12.8 Å². The standard InChI is InChI=1S/C13H19NO/c1-2-3-4-8-11-13(15)14-12-9-6-5-7-10-12/h5-7,9-10H,2-4,8,11H2,1H3,(H,14,15). The van der Waals surface area contributed by atoms with Gasteiger partial charge in [0.15, 0.2) is 0 Å². The molecule has 0 aliphatic carbocycles. The molecule has 82 valence electrons. The summed E-state index contributed by atoms with van der Waals surface area (Å²) in [7, 11) is 0. The van der Waals surface area contributed by atoms with Crippen molar-refractivity contribution in [1.29, 1.82) is 0 Å². The van der Waals surface area contributed by atoms with Gasteiger partial charge in [0.2, 0.25) is 5.91 Å². The third-order valence-corrected chi connectivity index (χ3v) is 2.31. The second-order valence-electron chi connectivity index (χ2n) is 3.72. The normalized spacial score (nSPS) is 9.93. The SMILES string of the molecule is CCCCCCC(=O)Nc1ccccc1. The fraction of sp³-hybridized carbons (Fsp3) is 0.462. The van der Waals surface area contributed by atoms with Gasteiger partial charge >= 0.3 is 0 Å². The molecule has 0 bridgehead atoms. The van der Waals surface area contributed by atoms with Crippen molar-refractivity contribution in [3.05, 3.63) is 30.3 Å². The molecule has 0 saturated carbocycles. The summed E-state index contributed by atoms with van der Waals surface area (Å²) in [5.41, 5.74) is 0.887. The van der Waals surface area contributed by atoms with Gasteiger partial charge in [0.1, 0.15) is 0 Å². The fourth-order valence-electron chi connectivity index (χ4n) is 1.46. The lowest BCUT2D eigenvalue weighted by molar-refractivity contribution is -0.116. The highest BCUT2D eigenvalue weighted by molar-refractivity contribution is 5.90. The molecule has 0 unspecified atom stereocenters. The van der Waals surface area contributed by atoms with Crippen molar-refractivity contribution in [3.8, 4) is 0 Å². The molecule has 0 aliphatic rings. The zero-order valence-electron chi connectivity index (χ0n) is 9.33. The highest BCUT2D eigenvalue weighted by atomic mass is 16.1. The van der Waals surface area contributed by atoms with Crippen molar-refractivity contribution in [1.82, 2.24) is 0 Å². The smallest absolute Gasteiger partial charge is 0.224 e. The van der Waals surface area contributed by atoms with Crippen molar-refractivity contribution in [2.24, 2.45) is 0 Å². The monoisotopic (exact) mass is 205 g/mol. The first-order valence-electron chi connectivity index (χ1n) is 5.68. The van der Waals surface area contributed by atoms with Gasteiger partial charge in [-0.05, 0) is 18.6 Å². The number of benzene rings is 1. The third-order valence-electron chi connectivity index (χ3n) is 2.31. The van der Waals surface area contributed by atoms with Gasteiger partial charge in [-0.3, -0.25) is 4.79 Å². The van der Waals surface area contributed by atoms with E-state index in [4.69, 9.17) is 0 Å². The van der Waals surface area contributed by atoms with Gasteiger partial charge in [-0.25, -0.2) is 0 Å². The van der Waals surface area contributed by atoms with Crippen LogP contribution in [0, 0.1) is 0 Å². The average Bonchev–Trinajstić information content (AvgIpc) is 2.26. The Morgan fingerprint density at radius 3 is 2.53 bits per heavy atom. The minimum absolute atomic E-state index is 0.123. The highest BCUT2D eigenvalue weighted by Crippen LogP contribution is 2.07. The molecule has 1 aromatic carbocycles. The van der Waals surface area contributed by atoms with Crippen LogP contribution in [0.3, 0.4) is 0 Å². The quantitative estimate of drug-likeness (QED) is 0.706. The molecular formula is C13H19NO. The number of rotatable bonds is 6. The van der Waals surface area contributed by atoms with Gasteiger partial charge in [-0.15, -0.1) is 0 Å². The molecule has 15 heavy (non-hydrogen) atoms. The topological polar surface area (TPSA) is 29.1 Å². The fourth-order valence-corrected chi connectivity index (χ4v) is 1.46. The number of hydrogen-bond acceptors (Lipinski definition) is 1. The second kappa shape index (κ2) is 7.04. The third kappa shape index (κ3) is 5.21. The van der Waals surface area contributed by atoms with Crippen molar-refractivity contribution in [3.63, 3.8) is 0 Å². The minimum Gasteiger partial charge on any atom is -0.326 e. The van der Waals surface area contributed by atoms with Gasteiger partial charge in [-0.1, -0.05) is 44.4 Å². The predicted octanol–water partition coefficient (Wildman–Crippen LogP) is 3.60. The van der Waals surface area contributed by atoms with Crippen LogP contribution in [0.5, 0.6) is 0 Å². The van der Waals surface area contributed by atoms with Crippen LogP contribution in [-0.2, 0) is 4.79 Å². The van der Waals surface area contributed by atoms with Crippen LogP contribution >= 0.6 is 0 Å². The van der Waals surface area contributed by atoms with E-state index < -0.39 is 0 Å². The Balaban J connectivity index is 2.19. The van der Waals surface area contributed by atoms with Crippen molar-refractivity contribution in [2.45, 2.75) is 39.0 Å². The number of carbonyl (C=O) groups is 1. The van der Waals surface area contributed by atoms with E-state index in [2.05, 4.69) is 12.2 Å². The molecule has 2 heteroatoms. The van der Waals surface area contributed by atoms with Gasteiger partial charge < -0.3 is 5.32 Å². The van der Waals surface area contributed by atoms with E-state index in [-0.39, 0.29) is 5.91 Å². The summed E-state index contributed by atoms with van der Waals surface area (Å²) in [4.78, 5) is 11.5. The molecule has 0 aromatic heterocycles. The Labute approximate surface area is 91.7 Å². The first kappa shape index (κ1) is 11.8. The summed E-state index contributed by atoms with van der Waals surface area (Å²) >= 11 is 0. The van der Waals surface area contributed by atoms with Crippen LogP contribution in [0.4, 0.5) is 5.69 Å². The minimum atomic E-state index is 0.123. The number of unbranched alkanes of at least 4 members (excludes halogenated alkanes) is 3. The predicted molar refractivity (Wildman–Crippen MR) is 63.8 cm³/mol. The van der Waals surface area contributed by atoms with E-state index in [9.17, 15) is 4.79 Å². The number of carbonyl (C=O) groups excluding carboxylic acids is 1. The van der Waals surface area contributed by atoms with Gasteiger partial charge in [0.25, 0.3) is 0 Å². The molecule has 1 aromatic rings.